The first kappa shape index (κ1) is 33.9. The Morgan fingerprint density at radius 2 is 1.60 bits per heavy atom. The Kier molecular flexibility index (Phi) is 10.0. The number of carbonyl (C=O) groups is 2. The molecular weight excluding hydrogens is 628 g/mol. The molecule has 3 heterocycles. The van der Waals surface area contributed by atoms with Gasteiger partial charge in [-0.3, -0.25) is 9.59 Å². The van der Waals surface area contributed by atoms with Crippen LogP contribution in [0.2, 0.25) is 0 Å². The molecule has 7 rings (SSSR count). The van der Waals surface area contributed by atoms with E-state index in [0.717, 1.165) is 71.5 Å². The van der Waals surface area contributed by atoms with Crippen LogP contribution in [0, 0.1) is 5.92 Å². The lowest BCUT2D eigenvalue weighted by molar-refractivity contribution is -0.276. The average molecular weight is 675 g/mol. The van der Waals surface area contributed by atoms with E-state index in [-0.39, 0.29) is 36.5 Å². The molecule has 3 aliphatic heterocycles. The van der Waals surface area contributed by atoms with Crippen LogP contribution < -0.4 is 15.5 Å². The summed E-state index contributed by atoms with van der Waals surface area (Å²) in [6, 6.07) is 34.7. The van der Waals surface area contributed by atoms with Gasteiger partial charge in [-0.2, -0.15) is 0 Å². The van der Waals surface area contributed by atoms with Crippen molar-refractivity contribution in [2.45, 2.75) is 63.9 Å². The molecule has 3 saturated heterocycles. The van der Waals surface area contributed by atoms with Gasteiger partial charge in [0.15, 0.2) is 6.29 Å². The molecule has 3 aliphatic rings. The predicted molar refractivity (Wildman–Crippen MR) is 193 cm³/mol. The van der Waals surface area contributed by atoms with E-state index in [1.54, 1.807) is 0 Å². The third kappa shape index (κ3) is 7.04. The number of nitrogens with one attached hydrogen (secondary N) is 2. The number of aliphatic hydroxyl groups is 1. The van der Waals surface area contributed by atoms with E-state index < -0.39 is 11.8 Å². The van der Waals surface area contributed by atoms with E-state index >= 15 is 0 Å². The molecular formula is C41H46N4O5. The van der Waals surface area contributed by atoms with E-state index in [1.165, 1.54) is 6.92 Å². The van der Waals surface area contributed by atoms with Crippen LogP contribution in [0.3, 0.4) is 0 Å². The van der Waals surface area contributed by atoms with E-state index in [2.05, 4.69) is 75.9 Å². The molecule has 0 aromatic heterocycles. The van der Waals surface area contributed by atoms with Gasteiger partial charge < -0.3 is 35.0 Å². The topological polar surface area (TPSA) is 103 Å². The van der Waals surface area contributed by atoms with Crippen molar-refractivity contribution in [3.8, 4) is 11.1 Å². The Morgan fingerprint density at radius 3 is 2.30 bits per heavy atom. The number of piperidine rings is 1. The zero-order valence-corrected chi connectivity index (χ0v) is 28.8. The second-order valence-corrected chi connectivity index (χ2v) is 13.8. The van der Waals surface area contributed by atoms with E-state index in [4.69, 9.17) is 9.47 Å². The largest absolute Gasteiger partial charge is 0.392 e. The van der Waals surface area contributed by atoms with Crippen LogP contribution in [-0.2, 0) is 32.2 Å². The van der Waals surface area contributed by atoms with Gasteiger partial charge in [-0.05, 0) is 58.9 Å². The number of carbonyl (C=O) groups excluding carboxylic acids is 2. The summed E-state index contributed by atoms with van der Waals surface area (Å²) >= 11 is 0. The third-order valence-corrected chi connectivity index (χ3v) is 10.6. The lowest BCUT2D eigenvalue weighted by Crippen LogP contribution is -2.57. The fraction of sp³-hybridized carbons (Fsp3) is 0.366. The van der Waals surface area contributed by atoms with E-state index in [1.807, 2.05) is 54.6 Å². The molecule has 3 N–H and O–H groups in total. The van der Waals surface area contributed by atoms with Crippen LogP contribution in [0.25, 0.3) is 11.1 Å². The number of anilines is 1. The minimum atomic E-state index is -0.566. The first-order chi connectivity index (χ1) is 24.3. The third-order valence-electron chi connectivity index (χ3n) is 10.6. The van der Waals surface area contributed by atoms with Gasteiger partial charge in [0.1, 0.15) is 5.54 Å². The molecule has 4 aromatic carbocycles. The highest BCUT2D eigenvalue weighted by molar-refractivity contribution is 5.93. The number of hydrogen-bond acceptors (Lipinski definition) is 7. The number of hydrogen-bond donors (Lipinski definition) is 3. The van der Waals surface area contributed by atoms with Crippen molar-refractivity contribution in [2.75, 3.05) is 31.2 Å². The van der Waals surface area contributed by atoms with Crippen LogP contribution in [0.1, 0.15) is 61.3 Å². The van der Waals surface area contributed by atoms with Gasteiger partial charge in [0.05, 0.1) is 25.5 Å². The number of ether oxygens (including phenoxy) is 2. The smallest absolute Gasteiger partial charge is 0.247 e. The van der Waals surface area contributed by atoms with Crippen LogP contribution in [0.4, 0.5) is 5.69 Å². The molecule has 0 saturated carbocycles. The number of likely N-dealkylation sites (tertiary alicyclic amines) is 1. The number of aliphatic hydroxyl groups excluding tert-OH is 1. The SMILES string of the molecule is CC(=O)NCc1cccc(-c2ccc([C@H]3O[C@@H](CN4CCC5(CC4)C(=O)NCN5c4ccccc4)[C@@H](C)[C@@H](c4ccc(CO)cc4)O3)cc2)c1. The van der Waals surface area contributed by atoms with Gasteiger partial charge in [0, 0.05) is 50.3 Å². The average Bonchev–Trinajstić information content (AvgIpc) is 3.47. The Balaban J connectivity index is 1.09. The molecule has 0 radical (unpaired) electrons. The molecule has 3 fully saturated rings. The number of nitrogens with zero attached hydrogens (tertiary/aromatic N) is 2. The van der Waals surface area contributed by atoms with Crippen molar-refractivity contribution in [1.29, 1.82) is 0 Å². The molecule has 4 aromatic rings. The van der Waals surface area contributed by atoms with Crippen molar-refractivity contribution in [2.24, 2.45) is 5.92 Å². The molecule has 9 heteroatoms. The summed E-state index contributed by atoms with van der Waals surface area (Å²) in [5.41, 5.74) is 6.57. The number of benzene rings is 4. The second kappa shape index (κ2) is 14.7. The normalized spacial score (nSPS) is 23.5. The van der Waals surface area contributed by atoms with Gasteiger partial charge in [-0.25, -0.2) is 0 Å². The maximum absolute atomic E-state index is 13.3. The number of rotatable bonds is 9. The quantitative estimate of drug-likeness (QED) is 0.209. The van der Waals surface area contributed by atoms with Crippen LogP contribution >= 0.6 is 0 Å². The summed E-state index contributed by atoms with van der Waals surface area (Å²) in [6.07, 6.45) is 0.604. The first-order valence-corrected chi connectivity index (χ1v) is 17.6. The molecule has 0 unspecified atom stereocenters. The maximum Gasteiger partial charge on any atom is 0.247 e. The highest BCUT2D eigenvalue weighted by atomic mass is 16.7. The maximum atomic E-state index is 13.3. The fourth-order valence-corrected chi connectivity index (χ4v) is 7.64. The predicted octanol–water partition coefficient (Wildman–Crippen LogP) is 5.70. The number of para-hydroxylation sites is 1. The van der Waals surface area contributed by atoms with Crippen LogP contribution in [0.15, 0.2) is 103 Å². The minimum absolute atomic E-state index is 0.00557. The molecule has 4 atom stereocenters. The Bertz CT molecular complexity index is 1770. The van der Waals surface area contributed by atoms with E-state index in [9.17, 15) is 14.7 Å². The first-order valence-electron chi connectivity index (χ1n) is 17.6. The summed E-state index contributed by atoms with van der Waals surface area (Å²) in [5, 5.41) is 15.6. The molecule has 1 spiro atoms. The van der Waals surface area contributed by atoms with Crippen molar-refractivity contribution in [3.05, 3.63) is 125 Å². The van der Waals surface area contributed by atoms with Gasteiger partial charge in [0.2, 0.25) is 11.8 Å². The van der Waals surface area contributed by atoms with Crippen LogP contribution in [-0.4, -0.2) is 59.8 Å². The Morgan fingerprint density at radius 1 is 0.880 bits per heavy atom. The molecule has 9 nitrogen and oxygen atoms in total. The standard InChI is InChI=1S/C41H46N4O5/c1-28-37(25-44-21-19-41(20-22-44)40(48)43-27-45(41)36-9-4-3-5-10-36)49-39(50-38(28)33-13-11-30(26-46)12-14-33)34-17-15-32(16-18-34)35-8-6-7-31(23-35)24-42-29(2)47/h3-18,23,28,37-39,46H,19-22,24-27H2,1-2H3,(H,42,47)(H,43,48)/t28-,37+,38+,39+/m1/s1. The summed E-state index contributed by atoms with van der Waals surface area (Å²) in [5.74, 6) is 0.122. The van der Waals surface area contributed by atoms with Crippen molar-refractivity contribution >= 4 is 17.5 Å². The van der Waals surface area contributed by atoms with Gasteiger partial charge in [-0.15, -0.1) is 0 Å². The van der Waals surface area contributed by atoms with Gasteiger partial charge in [-0.1, -0.05) is 91.9 Å². The summed E-state index contributed by atoms with van der Waals surface area (Å²) in [6.45, 7) is 7.04. The molecule has 2 amide bonds. The minimum Gasteiger partial charge on any atom is -0.392 e. The van der Waals surface area contributed by atoms with Gasteiger partial charge >= 0.3 is 0 Å². The lowest BCUT2D eigenvalue weighted by atomic mass is 9.84. The monoisotopic (exact) mass is 674 g/mol. The second-order valence-electron chi connectivity index (χ2n) is 13.8. The van der Waals surface area contributed by atoms with Crippen molar-refractivity contribution < 1.29 is 24.2 Å². The Hall–Kier alpha value is -4.54. The molecule has 260 valence electrons. The molecule has 0 bridgehead atoms. The van der Waals surface area contributed by atoms with Crippen LogP contribution in [0.5, 0.6) is 0 Å². The molecule has 50 heavy (non-hydrogen) atoms. The summed E-state index contributed by atoms with van der Waals surface area (Å²) in [4.78, 5) is 29.4. The highest BCUT2D eigenvalue weighted by Crippen LogP contribution is 2.43. The van der Waals surface area contributed by atoms with E-state index in [0.29, 0.717) is 13.2 Å². The number of amides is 2. The fourth-order valence-electron chi connectivity index (χ4n) is 7.64. The van der Waals surface area contributed by atoms with Crippen molar-refractivity contribution in [3.63, 3.8) is 0 Å². The lowest BCUT2D eigenvalue weighted by Gasteiger charge is -2.46. The highest BCUT2D eigenvalue weighted by Gasteiger charge is 2.51. The zero-order chi connectivity index (χ0) is 34.7. The summed E-state index contributed by atoms with van der Waals surface area (Å²) in [7, 11) is 0. The van der Waals surface area contributed by atoms with Gasteiger partial charge in [0.25, 0.3) is 0 Å². The van der Waals surface area contributed by atoms with Crippen molar-refractivity contribution in [1.82, 2.24) is 15.5 Å². The Labute approximate surface area is 294 Å². The summed E-state index contributed by atoms with van der Waals surface area (Å²) < 4.78 is 13.5. The zero-order valence-electron chi connectivity index (χ0n) is 28.8. The molecule has 0 aliphatic carbocycles.